The predicted octanol–water partition coefficient (Wildman–Crippen LogP) is 3.71. The van der Waals surface area contributed by atoms with E-state index in [1.165, 1.54) is 12.3 Å². The first-order valence-electron chi connectivity index (χ1n) is 9.16. The molecule has 2 aromatic heterocycles. The smallest absolute Gasteiger partial charge is 0.418 e. The van der Waals surface area contributed by atoms with Crippen LogP contribution in [0, 0.1) is 0 Å². The molecule has 3 aromatic rings. The molecule has 158 valence electrons. The largest absolute Gasteiger partial charge is 0.461 e. The van der Waals surface area contributed by atoms with Gasteiger partial charge in [0.1, 0.15) is 19.6 Å². The Morgan fingerprint density at radius 1 is 1.17 bits per heavy atom. The number of hydrogen-bond acceptors (Lipinski definition) is 7. The third-order valence-electron chi connectivity index (χ3n) is 4.68. The number of nitrogens with zero attached hydrogens (tertiary/aromatic N) is 3. The topological polar surface area (TPSA) is 89.0 Å². The summed E-state index contributed by atoms with van der Waals surface area (Å²) >= 11 is 0. The van der Waals surface area contributed by atoms with Gasteiger partial charge in [0.2, 0.25) is 0 Å². The van der Waals surface area contributed by atoms with E-state index >= 15 is 0 Å². The molecular formula is C19H19F3N5O2P. The molecule has 0 saturated carbocycles. The highest BCUT2D eigenvalue weighted by Crippen LogP contribution is 2.38. The first kappa shape index (κ1) is 20.4. The number of anilines is 2. The zero-order valence-electron chi connectivity index (χ0n) is 16.2. The SMILES string of the molecule is CP(C)(=O)c1cnc2nc3nc(c2c1)NCc1cccc(C(F)(F)F)c1NCCO3. The number of hydrogen-bond donors (Lipinski definition) is 2. The molecule has 1 aromatic carbocycles. The van der Waals surface area contributed by atoms with Crippen LogP contribution in [0.5, 0.6) is 6.01 Å². The summed E-state index contributed by atoms with van der Waals surface area (Å²) in [6.45, 7) is 3.54. The van der Waals surface area contributed by atoms with Crippen molar-refractivity contribution in [3.63, 3.8) is 0 Å². The molecule has 0 unspecified atom stereocenters. The van der Waals surface area contributed by atoms with Crippen LogP contribution in [0.3, 0.4) is 0 Å². The number of halogens is 3. The van der Waals surface area contributed by atoms with Gasteiger partial charge >= 0.3 is 12.2 Å². The van der Waals surface area contributed by atoms with Gasteiger partial charge in [0.15, 0.2) is 5.65 Å². The van der Waals surface area contributed by atoms with Crippen molar-refractivity contribution in [2.45, 2.75) is 12.7 Å². The standard InChI is InChI=1S/C19H19F3N5O2P/c1-30(2,28)12-8-13-16-24-9-11-4-3-5-14(19(20,21)22)15(11)23-6-7-29-18(26-16)27-17(13)25-10-12/h3-5,8,10,23H,6-7,9H2,1-2H3,(H,24,25,26,27). The Kier molecular flexibility index (Phi) is 5.05. The molecule has 0 radical (unpaired) electrons. The fraction of sp³-hybridized carbons (Fsp3) is 0.316. The van der Waals surface area contributed by atoms with E-state index in [2.05, 4.69) is 25.6 Å². The van der Waals surface area contributed by atoms with Crippen LogP contribution in [-0.4, -0.2) is 41.4 Å². The quantitative estimate of drug-likeness (QED) is 0.561. The Hall–Kier alpha value is -2.87. The summed E-state index contributed by atoms with van der Waals surface area (Å²) in [5.74, 6) is 0.350. The van der Waals surface area contributed by atoms with E-state index in [0.29, 0.717) is 27.7 Å². The van der Waals surface area contributed by atoms with E-state index < -0.39 is 18.9 Å². The molecule has 0 spiro atoms. The number of benzene rings is 1. The van der Waals surface area contributed by atoms with Crippen LogP contribution in [-0.2, 0) is 17.3 Å². The second-order valence-corrected chi connectivity index (χ2v) is 10.5. The number of para-hydroxylation sites is 1. The van der Waals surface area contributed by atoms with Crippen LogP contribution in [0.2, 0.25) is 0 Å². The van der Waals surface area contributed by atoms with Crippen LogP contribution >= 0.6 is 7.14 Å². The lowest BCUT2D eigenvalue weighted by Crippen LogP contribution is -2.17. The van der Waals surface area contributed by atoms with Gasteiger partial charge in [0.25, 0.3) is 0 Å². The van der Waals surface area contributed by atoms with Gasteiger partial charge in [-0.15, -0.1) is 0 Å². The summed E-state index contributed by atoms with van der Waals surface area (Å²) < 4.78 is 58.4. The van der Waals surface area contributed by atoms with Crippen molar-refractivity contribution in [1.29, 1.82) is 0 Å². The normalized spacial score (nSPS) is 14.7. The van der Waals surface area contributed by atoms with Crippen LogP contribution in [0.4, 0.5) is 24.7 Å². The second-order valence-electron chi connectivity index (χ2n) is 7.24. The lowest BCUT2D eigenvalue weighted by Gasteiger charge is -2.18. The zero-order valence-corrected chi connectivity index (χ0v) is 17.1. The Morgan fingerprint density at radius 3 is 2.70 bits per heavy atom. The minimum absolute atomic E-state index is 0.00111. The molecular weight excluding hydrogens is 418 g/mol. The summed E-state index contributed by atoms with van der Waals surface area (Å²) in [5, 5.41) is 6.97. The van der Waals surface area contributed by atoms with Crippen molar-refractivity contribution < 1.29 is 22.5 Å². The number of aromatic nitrogens is 3. The highest BCUT2D eigenvalue weighted by Gasteiger charge is 2.34. The van der Waals surface area contributed by atoms with Crippen molar-refractivity contribution in [3.8, 4) is 6.01 Å². The molecule has 1 aliphatic rings. The van der Waals surface area contributed by atoms with Gasteiger partial charge in [0.05, 0.1) is 16.6 Å². The number of rotatable bonds is 1. The summed E-state index contributed by atoms with van der Waals surface area (Å²) in [6.07, 6.45) is -2.99. The Balaban J connectivity index is 1.81. The van der Waals surface area contributed by atoms with E-state index in [9.17, 15) is 17.7 Å². The molecule has 4 rings (SSSR count). The van der Waals surface area contributed by atoms with Gasteiger partial charge in [-0.2, -0.15) is 23.1 Å². The van der Waals surface area contributed by atoms with Gasteiger partial charge in [-0.05, 0) is 31.0 Å². The van der Waals surface area contributed by atoms with Gasteiger partial charge in [-0.1, -0.05) is 12.1 Å². The zero-order chi connectivity index (χ0) is 21.5. The molecule has 11 heteroatoms. The number of pyridine rings is 1. The molecule has 2 bridgehead atoms. The van der Waals surface area contributed by atoms with E-state index in [1.807, 2.05) is 0 Å². The van der Waals surface area contributed by atoms with Gasteiger partial charge in [-0.25, -0.2) is 4.98 Å². The van der Waals surface area contributed by atoms with Crippen molar-refractivity contribution >= 4 is 35.0 Å². The Morgan fingerprint density at radius 2 is 1.97 bits per heavy atom. The number of fused-ring (bicyclic) bond motifs is 5. The van der Waals surface area contributed by atoms with Crippen LogP contribution in [0.25, 0.3) is 11.0 Å². The van der Waals surface area contributed by atoms with Crippen molar-refractivity contribution in [3.05, 3.63) is 41.6 Å². The van der Waals surface area contributed by atoms with Crippen LogP contribution in [0.1, 0.15) is 11.1 Å². The predicted molar refractivity (Wildman–Crippen MR) is 109 cm³/mol. The molecule has 2 N–H and O–H groups in total. The molecule has 0 fully saturated rings. The highest BCUT2D eigenvalue weighted by molar-refractivity contribution is 7.70. The minimum Gasteiger partial charge on any atom is -0.461 e. The fourth-order valence-electron chi connectivity index (χ4n) is 3.16. The van der Waals surface area contributed by atoms with Gasteiger partial charge in [-0.3, -0.25) is 0 Å². The molecule has 3 heterocycles. The summed E-state index contributed by atoms with van der Waals surface area (Å²) in [4.78, 5) is 12.9. The maximum atomic E-state index is 13.5. The molecule has 0 saturated heterocycles. The van der Waals surface area contributed by atoms with Crippen LogP contribution < -0.4 is 20.7 Å². The Bertz CT molecular complexity index is 1160. The molecule has 0 atom stereocenters. The van der Waals surface area contributed by atoms with E-state index in [1.54, 1.807) is 25.5 Å². The highest BCUT2D eigenvalue weighted by atomic mass is 31.2. The molecule has 0 aliphatic carbocycles. The lowest BCUT2D eigenvalue weighted by atomic mass is 10.1. The van der Waals surface area contributed by atoms with E-state index in [0.717, 1.165) is 6.07 Å². The first-order valence-corrected chi connectivity index (χ1v) is 11.8. The first-order chi connectivity index (χ1) is 14.1. The minimum atomic E-state index is -4.49. The Labute approximate surface area is 170 Å². The third kappa shape index (κ3) is 4.05. The van der Waals surface area contributed by atoms with Gasteiger partial charge < -0.3 is 19.9 Å². The van der Waals surface area contributed by atoms with Crippen molar-refractivity contribution in [2.24, 2.45) is 0 Å². The third-order valence-corrected chi connectivity index (χ3v) is 6.16. The van der Waals surface area contributed by atoms with E-state index in [4.69, 9.17) is 4.74 Å². The monoisotopic (exact) mass is 437 g/mol. The number of alkyl halides is 3. The summed E-state index contributed by atoms with van der Waals surface area (Å²) in [6, 6.07) is 5.78. The van der Waals surface area contributed by atoms with E-state index in [-0.39, 0.29) is 31.4 Å². The van der Waals surface area contributed by atoms with Crippen molar-refractivity contribution in [1.82, 2.24) is 15.0 Å². The summed E-state index contributed by atoms with van der Waals surface area (Å²) in [7, 11) is -2.58. The number of nitrogens with one attached hydrogen (secondary N) is 2. The second kappa shape index (κ2) is 7.43. The van der Waals surface area contributed by atoms with Gasteiger partial charge in [0, 0.05) is 24.6 Å². The van der Waals surface area contributed by atoms with Crippen molar-refractivity contribution in [2.75, 3.05) is 37.1 Å². The fourth-order valence-corrected chi connectivity index (χ4v) is 3.94. The molecule has 30 heavy (non-hydrogen) atoms. The summed E-state index contributed by atoms with van der Waals surface area (Å²) in [5.41, 5.74) is 0.0290. The molecule has 0 amide bonds. The lowest BCUT2D eigenvalue weighted by molar-refractivity contribution is -0.137. The van der Waals surface area contributed by atoms with Crippen LogP contribution in [0.15, 0.2) is 30.5 Å². The maximum absolute atomic E-state index is 13.5. The maximum Gasteiger partial charge on any atom is 0.418 e. The number of ether oxygens (including phenoxy) is 1. The average Bonchev–Trinajstić information content (AvgIpc) is 2.70. The average molecular weight is 437 g/mol. The molecule has 7 nitrogen and oxygen atoms in total. The molecule has 1 aliphatic heterocycles.